The maximum absolute atomic E-state index is 12.5. The second kappa shape index (κ2) is 6.90. The molecule has 1 saturated carbocycles. The lowest BCUT2D eigenvalue weighted by molar-refractivity contribution is -0.141. The molecule has 2 rings (SSSR count). The summed E-state index contributed by atoms with van der Waals surface area (Å²) in [6.45, 7) is 1.97. The van der Waals surface area contributed by atoms with E-state index < -0.39 is 6.04 Å². The molecule has 1 N–H and O–H groups in total. The van der Waals surface area contributed by atoms with Crippen molar-refractivity contribution in [3.63, 3.8) is 0 Å². The predicted octanol–water partition coefficient (Wildman–Crippen LogP) is 1.84. The summed E-state index contributed by atoms with van der Waals surface area (Å²) in [6.07, 6.45) is 13.0. The third-order valence-electron chi connectivity index (χ3n) is 4.38. The van der Waals surface area contributed by atoms with E-state index in [2.05, 4.69) is 11.2 Å². The van der Waals surface area contributed by atoms with Crippen LogP contribution in [0.25, 0.3) is 0 Å². The maximum atomic E-state index is 12.5. The molecule has 2 unspecified atom stereocenters. The molecule has 1 heterocycles. The highest BCUT2D eigenvalue weighted by atomic mass is 16.2. The fourth-order valence-corrected chi connectivity index (χ4v) is 3.21. The first kappa shape index (κ1) is 15.1. The zero-order valence-electron chi connectivity index (χ0n) is 12.2. The third kappa shape index (κ3) is 3.21. The van der Waals surface area contributed by atoms with Gasteiger partial charge in [0.2, 0.25) is 11.8 Å². The van der Waals surface area contributed by atoms with E-state index in [9.17, 15) is 9.59 Å². The summed E-state index contributed by atoms with van der Waals surface area (Å²) in [6, 6.07) is -0.451. The number of likely N-dealkylation sites (tertiary alicyclic amines) is 1. The molecule has 0 aromatic heterocycles. The Morgan fingerprint density at radius 3 is 2.50 bits per heavy atom. The maximum Gasteiger partial charge on any atom is 0.247 e. The fourth-order valence-electron chi connectivity index (χ4n) is 3.21. The van der Waals surface area contributed by atoms with Crippen molar-refractivity contribution in [2.75, 3.05) is 0 Å². The lowest BCUT2D eigenvalue weighted by Gasteiger charge is -2.25. The summed E-state index contributed by atoms with van der Waals surface area (Å²) in [5.41, 5.74) is 0. The summed E-state index contributed by atoms with van der Waals surface area (Å²) in [7, 11) is 0. The molecule has 0 aromatic carbocycles. The van der Waals surface area contributed by atoms with Crippen LogP contribution < -0.4 is 5.32 Å². The van der Waals surface area contributed by atoms with Crippen LogP contribution in [0.15, 0.2) is 0 Å². The van der Waals surface area contributed by atoms with Gasteiger partial charge >= 0.3 is 0 Å². The van der Waals surface area contributed by atoms with E-state index in [1.807, 2.05) is 6.92 Å². The van der Waals surface area contributed by atoms with Crippen LogP contribution in [-0.2, 0) is 9.59 Å². The molecule has 2 atom stereocenters. The van der Waals surface area contributed by atoms with Gasteiger partial charge in [0.25, 0.3) is 0 Å². The zero-order chi connectivity index (χ0) is 14.5. The molecule has 0 radical (unpaired) electrons. The first-order chi connectivity index (χ1) is 9.67. The minimum atomic E-state index is -0.424. The van der Waals surface area contributed by atoms with Crippen molar-refractivity contribution in [2.45, 2.75) is 76.4 Å². The molecular weight excluding hydrogens is 252 g/mol. The summed E-state index contributed by atoms with van der Waals surface area (Å²) in [4.78, 5) is 26.2. The average Bonchev–Trinajstić information content (AvgIpc) is 2.65. The van der Waals surface area contributed by atoms with Crippen LogP contribution in [0.1, 0.15) is 58.3 Å². The smallest absolute Gasteiger partial charge is 0.247 e. The Hall–Kier alpha value is -1.34. The monoisotopic (exact) mass is 276 g/mol. The van der Waals surface area contributed by atoms with Crippen LogP contribution in [0, 0.1) is 12.3 Å². The Morgan fingerprint density at radius 2 is 1.95 bits per heavy atom. The molecule has 0 aromatic rings. The molecule has 1 aliphatic heterocycles. The Balaban J connectivity index is 2.02. The molecule has 2 aliphatic rings. The van der Waals surface area contributed by atoms with Crippen LogP contribution in [0.2, 0.25) is 0 Å². The minimum Gasteiger partial charge on any atom is -0.292 e. The van der Waals surface area contributed by atoms with Crippen molar-refractivity contribution >= 4 is 11.8 Å². The number of nitrogens with zero attached hydrogens (tertiary/aromatic N) is 1. The lowest BCUT2D eigenvalue weighted by Crippen LogP contribution is -2.46. The summed E-state index contributed by atoms with van der Waals surface area (Å²) < 4.78 is 0. The van der Waals surface area contributed by atoms with E-state index in [1.54, 1.807) is 0 Å². The van der Waals surface area contributed by atoms with Gasteiger partial charge in [-0.1, -0.05) is 38.5 Å². The van der Waals surface area contributed by atoms with Crippen molar-refractivity contribution in [2.24, 2.45) is 0 Å². The van der Waals surface area contributed by atoms with Gasteiger partial charge in [-0.25, -0.2) is 0 Å². The molecular formula is C16H24N2O2. The van der Waals surface area contributed by atoms with E-state index in [4.69, 9.17) is 6.42 Å². The van der Waals surface area contributed by atoms with Crippen molar-refractivity contribution in [3.8, 4) is 12.3 Å². The Morgan fingerprint density at radius 1 is 1.30 bits per heavy atom. The van der Waals surface area contributed by atoms with Crippen molar-refractivity contribution < 1.29 is 9.59 Å². The van der Waals surface area contributed by atoms with E-state index >= 15 is 0 Å². The van der Waals surface area contributed by atoms with Gasteiger partial charge in [0.15, 0.2) is 0 Å². The molecule has 4 nitrogen and oxygen atoms in total. The van der Waals surface area contributed by atoms with Gasteiger partial charge in [-0.2, -0.15) is 0 Å². The second-order valence-electron chi connectivity index (χ2n) is 5.80. The molecule has 4 heteroatoms. The quantitative estimate of drug-likeness (QED) is 0.484. The standard InChI is InChI=1S/C16H24N2O2/c1-3-12(4-2)17-14-11-15(19)18(16(14)20)13-9-7-5-6-8-10-13/h1,12-14,17H,4-11H2,2H3. The van der Waals surface area contributed by atoms with Crippen LogP contribution in [0.4, 0.5) is 0 Å². The Bertz CT molecular complexity index is 405. The molecule has 2 amide bonds. The van der Waals surface area contributed by atoms with Gasteiger partial charge in [-0.05, 0) is 19.3 Å². The molecule has 110 valence electrons. The normalized spacial score (nSPS) is 26.4. The zero-order valence-corrected chi connectivity index (χ0v) is 12.2. The number of imide groups is 1. The number of terminal acetylenes is 1. The van der Waals surface area contributed by atoms with E-state index in [-0.39, 0.29) is 30.3 Å². The first-order valence-corrected chi connectivity index (χ1v) is 7.75. The summed E-state index contributed by atoms with van der Waals surface area (Å²) in [5, 5.41) is 3.13. The number of hydrogen-bond acceptors (Lipinski definition) is 3. The van der Waals surface area contributed by atoms with Gasteiger partial charge in [0, 0.05) is 6.04 Å². The lowest BCUT2D eigenvalue weighted by atomic mass is 10.1. The highest BCUT2D eigenvalue weighted by Crippen LogP contribution is 2.26. The van der Waals surface area contributed by atoms with Gasteiger partial charge in [-0.15, -0.1) is 6.42 Å². The van der Waals surface area contributed by atoms with Crippen molar-refractivity contribution in [1.82, 2.24) is 10.2 Å². The highest BCUT2D eigenvalue weighted by molar-refractivity contribution is 6.05. The van der Waals surface area contributed by atoms with Crippen molar-refractivity contribution in [3.05, 3.63) is 0 Å². The van der Waals surface area contributed by atoms with Gasteiger partial charge < -0.3 is 0 Å². The van der Waals surface area contributed by atoms with Gasteiger partial charge in [-0.3, -0.25) is 19.8 Å². The Labute approximate surface area is 121 Å². The average molecular weight is 276 g/mol. The fraction of sp³-hybridized carbons (Fsp3) is 0.750. The van der Waals surface area contributed by atoms with E-state index in [1.165, 1.54) is 17.7 Å². The predicted molar refractivity (Wildman–Crippen MR) is 77.8 cm³/mol. The SMILES string of the molecule is C#CC(CC)NC1CC(=O)N(C2CCCCCC2)C1=O. The summed E-state index contributed by atoms with van der Waals surface area (Å²) >= 11 is 0. The highest BCUT2D eigenvalue weighted by Gasteiger charge is 2.42. The van der Waals surface area contributed by atoms with Crippen LogP contribution in [0.5, 0.6) is 0 Å². The first-order valence-electron chi connectivity index (χ1n) is 7.75. The van der Waals surface area contributed by atoms with Crippen LogP contribution in [0.3, 0.4) is 0 Å². The number of nitrogens with one attached hydrogen (secondary N) is 1. The van der Waals surface area contributed by atoms with Crippen molar-refractivity contribution in [1.29, 1.82) is 0 Å². The third-order valence-corrected chi connectivity index (χ3v) is 4.38. The second-order valence-corrected chi connectivity index (χ2v) is 5.80. The number of carbonyl (C=O) groups excluding carboxylic acids is 2. The molecule has 1 saturated heterocycles. The molecule has 20 heavy (non-hydrogen) atoms. The van der Waals surface area contributed by atoms with E-state index in [0.29, 0.717) is 0 Å². The van der Waals surface area contributed by atoms with Gasteiger partial charge in [0.1, 0.15) is 0 Å². The molecule has 1 aliphatic carbocycles. The number of amides is 2. The number of hydrogen-bond donors (Lipinski definition) is 1. The minimum absolute atomic E-state index is 0.0359. The number of rotatable bonds is 4. The molecule has 2 fully saturated rings. The number of carbonyl (C=O) groups is 2. The van der Waals surface area contributed by atoms with E-state index in [0.717, 1.165) is 32.1 Å². The summed E-state index contributed by atoms with van der Waals surface area (Å²) in [5.74, 6) is 2.52. The molecule has 0 bridgehead atoms. The van der Waals surface area contributed by atoms with Crippen LogP contribution >= 0.6 is 0 Å². The Kier molecular flexibility index (Phi) is 5.19. The largest absolute Gasteiger partial charge is 0.292 e. The topological polar surface area (TPSA) is 49.4 Å². The molecule has 0 spiro atoms. The van der Waals surface area contributed by atoms with Crippen LogP contribution in [-0.4, -0.2) is 34.8 Å². The van der Waals surface area contributed by atoms with Gasteiger partial charge in [0.05, 0.1) is 18.5 Å².